The largest absolute Gasteiger partial charge is 0.378 e. The number of hydrogen-bond acceptors (Lipinski definition) is 4. The third-order valence-electron chi connectivity index (χ3n) is 4.48. The molecule has 1 fully saturated rings. The number of halogens is 1. The first kappa shape index (κ1) is 16.5. The monoisotopic (exact) mass is 354 g/mol. The van der Waals surface area contributed by atoms with Gasteiger partial charge in [-0.3, -0.25) is 4.79 Å². The van der Waals surface area contributed by atoms with E-state index in [1.807, 2.05) is 23.5 Å². The second kappa shape index (κ2) is 6.76. The fourth-order valence-electron chi connectivity index (χ4n) is 3.17. The van der Waals surface area contributed by atoms with E-state index < -0.39 is 0 Å². The minimum atomic E-state index is -0.323. The van der Waals surface area contributed by atoms with Crippen molar-refractivity contribution in [1.82, 2.24) is 14.3 Å². The lowest BCUT2D eigenvalue weighted by Gasteiger charge is -2.27. The van der Waals surface area contributed by atoms with Crippen molar-refractivity contribution < 1.29 is 13.9 Å². The molecule has 26 heavy (non-hydrogen) atoms. The maximum Gasteiger partial charge on any atom is 0.272 e. The summed E-state index contributed by atoms with van der Waals surface area (Å²) in [6.45, 7) is 4.18. The van der Waals surface area contributed by atoms with E-state index in [9.17, 15) is 9.18 Å². The normalized spacial score (nSPS) is 14.6. The number of aryl methyl sites for hydroxylation is 1. The Morgan fingerprint density at radius 1 is 1.23 bits per heavy atom. The Balaban J connectivity index is 1.73. The van der Waals surface area contributed by atoms with E-state index in [0.717, 1.165) is 11.2 Å². The van der Waals surface area contributed by atoms with Gasteiger partial charge in [-0.15, -0.1) is 0 Å². The zero-order chi connectivity index (χ0) is 18.1. The van der Waals surface area contributed by atoms with Crippen LogP contribution in [0.4, 0.5) is 15.9 Å². The van der Waals surface area contributed by atoms with Gasteiger partial charge in [-0.2, -0.15) is 0 Å². The van der Waals surface area contributed by atoms with E-state index in [2.05, 4.69) is 10.3 Å². The molecular formula is C19H19FN4O2. The van der Waals surface area contributed by atoms with Gasteiger partial charge >= 0.3 is 0 Å². The first-order valence-electron chi connectivity index (χ1n) is 8.50. The summed E-state index contributed by atoms with van der Waals surface area (Å²) in [5.41, 5.74) is 2.81. The molecule has 1 aromatic carbocycles. The molecule has 4 rings (SSSR count). The van der Waals surface area contributed by atoms with E-state index in [-0.39, 0.29) is 11.7 Å². The van der Waals surface area contributed by atoms with Gasteiger partial charge in [0, 0.05) is 24.5 Å². The first-order chi connectivity index (χ1) is 12.6. The predicted octanol–water partition coefficient (Wildman–Crippen LogP) is 3.00. The highest BCUT2D eigenvalue weighted by Gasteiger charge is 2.22. The van der Waals surface area contributed by atoms with Crippen LogP contribution in [0.25, 0.3) is 5.52 Å². The van der Waals surface area contributed by atoms with E-state index in [1.165, 1.54) is 12.1 Å². The van der Waals surface area contributed by atoms with Crippen LogP contribution in [0.1, 0.15) is 16.2 Å². The Kier molecular flexibility index (Phi) is 4.30. The van der Waals surface area contributed by atoms with Gasteiger partial charge in [-0.25, -0.2) is 9.37 Å². The predicted molar refractivity (Wildman–Crippen MR) is 96.3 cm³/mol. The first-order valence-corrected chi connectivity index (χ1v) is 8.50. The summed E-state index contributed by atoms with van der Waals surface area (Å²) >= 11 is 0. The summed E-state index contributed by atoms with van der Waals surface area (Å²) in [5.74, 6) is 0.182. The summed E-state index contributed by atoms with van der Waals surface area (Å²) in [5, 5.41) is 3.13. The van der Waals surface area contributed by atoms with Crippen LogP contribution in [0.5, 0.6) is 0 Å². The molecule has 1 aliphatic rings. The number of carbonyl (C=O) groups excluding carboxylic acids is 1. The van der Waals surface area contributed by atoms with Crippen molar-refractivity contribution in [2.24, 2.45) is 0 Å². The average Bonchev–Trinajstić information content (AvgIpc) is 3.05. The van der Waals surface area contributed by atoms with Gasteiger partial charge in [-0.1, -0.05) is 6.07 Å². The van der Waals surface area contributed by atoms with Crippen LogP contribution < -0.4 is 5.32 Å². The fraction of sp³-hybridized carbons (Fsp3) is 0.263. The highest BCUT2D eigenvalue weighted by atomic mass is 19.1. The molecule has 1 aliphatic heterocycles. The maximum absolute atomic E-state index is 13.4. The molecule has 0 radical (unpaired) electrons. The highest BCUT2D eigenvalue weighted by molar-refractivity contribution is 5.94. The van der Waals surface area contributed by atoms with Gasteiger partial charge in [0.05, 0.1) is 24.9 Å². The summed E-state index contributed by atoms with van der Waals surface area (Å²) in [4.78, 5) is 19.1. The molecule has 7 heteroatoms. The van der Waals surface area contributed by atoms with E-state index >= 15 is 0 Å². The lowest BCUT2D eigenvalue weighted by Crippen LogP contribution is -2.41. The van der Waals surface area contributed by atoms with Crippen molar-refractivity contribution >= 4 is 22.9 Å². The number of anilines is 2. The molecule has 1 amide bonds. The van der Waals surface area contributed by atoms with Crippen molar-refractivity contribution in [2.75, 3.05) is 31.6 Å². The zero-order valence-corrected chi connectivity index (χ0v) is 14.4. The second-order valence-corrected chi connectivity index (χ2v) is 6.23. The number of carbonyl (C=O) groups is 1. The van der Waals surface area contributed by atoms with Crippen molar-refractivity contribution in [2.45, 2.75) is 6.92 Å². The summed E-state index contributed by atoms with van der Waals surface area (Å²) < 4.78 is 20.6. The van der Waals surface area contributed by atoms with Crippen LogP contribution in [0.3, 0.4) is 0 Å². The molecule has 0 unspecified atom stereocenters. The minimum Gasteiger partial charge on any atom is -0.378 e. The molecule has 6 nitrogen and oxygen atoms in total. The zero-order valence-electron chi connectivity index (χ0n) is 14.4. The van der Waals surface area contributed by atoms with Crippen molar-refractivity contribution in [3.05, 3.63) is 59.8 Å². The SMILES string of the molecule is Cc1ccc2c(Nc3cccc(F)c3)ncc(C(=O)N3CCOCC3)n12. The number of morpholine rings is 1. The number of aromatic nitrogens is 2. The average molecular weight is 354 g/mol. The molecule has 0 atom stereocenters. The summed E-state index contributed by atoms with van der Waals surface area (Å²) in [7, 11) is 0. The van der Waals surface area contributed by atoms with Gasteiger partial charge in [0.15, 0.2) is 5.82 Å². The fourth-order valence-corrected chi connectivity index (χ4v) is 3.17. The molecule has 134 valence electrons. The molecule has 1 N–H and O–H groups in total. The molecule has 3 heterocycles. The Morgan fingerprint density at radius 2 is 2.04 bits per heavy atom. The number of rotatable bonds is 3. The van der Waals surface area contributed by atoms with Crippen LogP contribution in [0.15, 0.2) is 42.6 Å². The van der Waals surface area contributed by atoms with Crippen LogP contribution in [0.2, 0.25) is 0 Å². The van der Waals surface area contributed by atoms with Crippen LogP contribution in [0, 0.1) is 12.7 Å². The molecule has 2 aromatic heterocycles. The number of amides is 1. The number of fused-ring (bicyclic) bond motifs is 1. The minimum absolute atomic E-state index is 0.0672. The Bertz CT molecular complexity index is 963. The van der Waals surface area contributed by atoms with E-state index in [0.29, 0.717) is 43.5 Å². The maximum atomic E-state index is 13.4. The lowest BCUT2D eigenvalue weighted by atomic mass is 10.3. The Morgan fingerprint density at radius 3 is 2.81 bits per heavy atom. The summed E-state index contributed by atoms with van der Waals surface area (Å²) in [6, 6.07) is 10.0. The topological polar surface area (TPSA) is 58.9 Å². The highest BCUT2D eigenvalue weighted by Crippen LogP contribution is 2.24. The van der Waals surface area contributed by atoms with Gasteiger partial charge in [0.25, 0.3) is 5.91 Å². The van der Waals surface area contributed by atoms with Gasteiger partial charge < -0.3 is 19.4 Å². The molecule has 0 aliphatic carbocycles. The summed E-state index contributed by atoms with van der Waals surface area (Å²) in [6.07, 6.45) is 1.57. The van der Waals surface area contributed by atoms with Crippen molar-refractivity contribution in [3.8, 4) is 0 Å². The molecule has 0 saturated carbocycles. The molecular weight excluding hydrogens is 335 g/mol. The second-order valence-electron chi connectivity index (χ2n) is 6.23. The molecule has 1 saturated heterocycles. The Hall–Kier alpha value is -2.93. The lowest BCUT2D eigenvalue weighted by molar-refractivity contribution is 0.0297. The molecule has 3 aromatic rings. The van der Waals surface area contributed by atoms with Crippen LogP contribution in [-0.2, 0) is 4.74 Å². The number of nitrogens with zero attached hydrogens (tertiary/aromatic N) is 3. The number of ether oxygens (including phenoxy) is 1. The van der Waals surface area contributed by atoms with Crippen molar-refractivity contribution in [3.63, 3.8) is 0 Å². The van der Waals surface area contributed by atoms with Gasteiger partial charge in [0.1, 0.15) is 11.5 Å². The quantitative estimate of drug-likeness (QED) is 0.786. The smallest absolute Gasteiger partial charge is 0.272 e. The van der Waals surface area contributed by atoms with Crippen molar-refractivity contribution in [1.29, 1.82) is 0 Å². The van der Waals surface area contributed by atoms with Crippen LogP contribution >= 0.6 is 0 Å². The standard InChI is InChI=1S/C19H19FN4O2/c1-13-5-6-16-18(22-15-4-2-3-14(20)11-15)21-12-17(24(13)16)19(25)23-7-9-26-10-8-23/h2-6,11-12H,7-10H2,1H3,(H,21,22). The third kappa shape index (κ3) is 3.01. The number of hydrogen-bond donors (Lipinski definition) is 1. The number of benzene rings is 1. The van der Waals surface area contributed by atoms with Gasteiger partial charge in [-0.05, 0) is 37.3 Å². The van der Waals surface area contributed by atoms with E-state index in [1.54, 1.807) is 23.2 Å². The van der Waals surface area contributed by atoms with Gasteiger partial charge in [0.2, 0.25) is 0 Å². The third-order valence-corrected chi connectivity index (χ3v) is 4.48. The molecule has 0 bridgehead atoms. The van der Waals surface area contributed by atoms with Crippen LogP contribution in [-0.4, -0.2) is 46.5 Å². The van der Waals surface area contributed by atoms with E-state index in [4.69, 9.17) is 4.74 Å². The number of nitrogens with one attached hydrogen (secondary N) is 1. The molecule has 0 spiro atoms. The Labute approximate surface area is 150 Å².